The molecule has 0 heterocycles. The quantitative estimate of drug-likeness (QED) is 0.401. The first-order chi connectivity index (χ1) is 16.7. The first kappa shape index (κ1) is 24.7. The highest BCUT2D eigenvalue weighted by Gasteiger charge is 2.35. The van der Waals surface area contributed by atoms with E-state index in [-0.39, 0.29) is 31.1 Å². The summed E-state index contributed by atoms with van der Waals surface area (Å²) in [5, 5.41) is 22.8. The van der Waals surface area contributed by atoms with Crippen LogP contribution in [-0.4, -0.2) is 35.6 Å². The summed E-state index contributed by atoms with van der Waals surface area (Å²) < 4.78 is 57.5. The maximum atomic E-state index is 13.4. The van der Waals surface area contributed by atoms with Gasteiger partial charge in [-0.15, -0.1) is 0 Å². The van der Waals surface area contributed by atoms with E-state index in [1.54, 1.807) is 0 Å². The van der Waals surface area contributed by atoms with E-state index in [2.05, 4.69) is 5.32 Å². The molecule has 0 saturated heterocycles. The maximum absolute atomic E-state index is 13.4. The number of aliphatic hydroxyl groups is 2. The van der Waals surface area contributed by atoms with Crippen LogP contribution in [0.15, 0.2) is 66.7 Å². The smallest absolute Gasteiger partial charge is 0.419 e. The lowest BCUT2D eigenvalue weighted by Crippen LogP contribution is -2.30. The monoisotopic (exact) mass is 489 g/mol. The van der Waals surface area contributed by atoms with Crippen LogP contribution in [0, 0.1) is 5.82 Å². The molecule has 0 aliphatic heterocycles. The fraction of sp³-hybridized carbons (Fsp3) is 0.269. The second-order valence-electron chi connectivity index (χ2n) is 8.29. The van der Waals surface area contributed by atoms with Crippen molar-refractivity contribution < 1.29 is 37.3 Å². The third-order valence-corrected chi connectivity index (χ3v) is 6.05. The van der Waals surface area contributed by atoms with E-state index in [4.69, 9.17) is 4.74 Å². The molecule has 0 radical (unpaired) electrons. The van der Waals surface area contributed by atoms with Gasteiger partial charge in [-0.05, 0) is 46.4 Å². The molecular weight excluding hydrogens is 466 g/mol. The second-order valence-corrected chi connectivity index (χ2v) is 8.29. The molecule has 3 aromatic carbocycles. The fourth-order valence-electron chi connectivity index (χ4n) is 4.30. The number of fused-ring (bicyclic) bond motifs is 3. The van der Waals surface area contributed by atoms with Crippen LogP contribution in [-0.2, 0) is 10.9 Å². The van der Waals surface area contributed by atoms with E-state index in [0.29, 0.717) is 12.1 Å². The molecular formula is C26H23F4NO4. The van der Waals surface area contributed by atoms with Crippen molar-refractivity contribution in [3.63, 3.8) is 0 Å². The minimum absolute atomic E-state index is 0.0950. The molecule has 0 bridgehead atoms. The number of nitrogens with one attached hydrogen (secondary N) is 1. The van der Waals surface area contributed by atoms with Crippen molar-refractivity contribution in [1.82, 2.24) is 5.32 Å². The van der Waals surface area contributed by atoms with Gasteiger partial charge in [0.15, 0.2) is 0 Å². The van der Waals surface area contributed by atoms with Crippen molar-refractivity contribution in [3.05, 3.63) is 94.8 Å². The van der Waals surface area contributed by atoms with Gasteiger partial charge < -0.3 is 20.3 Å². The van der Waals surface area contributed by atoms with E-state index in [1.807, 2.05) is 48.5 Å². The van der Waals surface area contributed by atoms with Crippen molar-refractivity contribution in [1.29, 1.82) is 0 Å². The third kappa shape index (κ3) is 5.31. The molecule has 2 unspecified atom stereocenters. The zero-order valence-corrected chi connectivity index (χ0v) is 18.4. The minimum atomic E-state index is -4.93. The molecule has 2 atom stereocenters. The lowest BCUT2D eigenvalue weighted by molar-refractivity contribution is -0.140. The van der Waals surface area contributed by atoms with Crippen LogP contribution in [0.25, 0.3) is 11.1 Å². The summed E-state index contributed by atoms with van der Waals surface area (Å²) in [6.07, 6.45) is -9.01. The highest BCUT2D eigenvalue weighted by Crippen LogP contribution is 2.44. The Morgan fingerprint density at radius 1 is 0.971 bits per heavy atom. The molecule has 1 aliphatic carbocycles. The molecule has 0 aromatic heterocycles. The van der Waals surface area contributed by atoms with Gasteiger partial charge in [0.1, 0.15) is 18.5 Å². The number of benzene rings is 3. The zero-order valence-electron chi connectivity index (χ0n) is 18.4. The molecule has 3 aromatic rings. The van der Waals surface area contributed by atoms with Crippen LogP contribution in [0.1, 0.15) is 40.7 Å². The number of halogens is 4. The van der Waals surface area contributed by atoms with Gasteiger partial charge in [0.05, 0.1) is 11.7 Å². The average molecular weight is 489 g/mol. The van der Waals surface area contributed by atoms with Gasteiger partial charge in [0.2, 0.25) is 0 Å². The molecule has 0 saturated carbocycles. The lowest BCUT2D eigenvalue weighted by atomic mass is 9.98. The van der Waals surface area contributed by atoms with Crippen molar-refractivity contribution in [3.8, 4) is 11.1 Å². The van der Waals surface area contributed by atoms with E-state index >= 15 is 0 Å². The lowest BCUT2D eigenvalue weighted by Gasteiger charge is -2.20. The number of carbonyl (C=O) groups is 1. The standard InChI is InChI=1S/C26H23F4NO4/c27-22-10-9-15(13-21(22)26(28,29)30)24(33)23(32)11-12-31-25(34)35-14-20-18-7-3-1-5-16(18)17-6-2-4-8-19(17)20/h1-10,13,20,23-24,32-33H,11-12,14H2,(H,31,34). The highest BCUT2D eigenvalue weighted by atomic mass is 19.4. The summed E-state index contributed by atoms with van der Waals surface area (Å²) in [6.45, 7) is 0.00304. The Kier molecular flexibility index (Phi) is 7.09. The summed E-state index contributed by atoms with van der Waals surface area (Å²) >= 11 is 0. The van der Waals surface area contributed by atoms with Gasteiger partial charge in [-0.2, -0.15) is 13.2 Å². The van der Waals surface area contributed by atoms with Gasteiger partial charge >= 0.3 is 12.3 Å². The number of carbonyl (C=O) groups excluding carboxylic acids is 1. The average Bonchev–Trinajstić information content (AvgIpc) is 3.15. The molecule has 3 N–H and O–H groups in total. The minimum Gasteiger partial charge on any atom is -0.449 e. The maximum Gasteiger partial charge on any atom is 0.419 e. The second kappa shape index (κ2) is 10.1. The Bertz CT molecular complexity index is 1170. The molecule has 1 amide bonds. The zero-order chi connectivity index (χ0) is 25.2. The summed E-state index contributed by atoms with van der Waals surface area (Å²) in [5.74, 6) is -1.60. The summed E-state index contributed by atoms with van der Waals surface area (Å²) in [5.41, 5.74) is 2.47. The van der Waals surface area contributed by atoms with Crippen molar-refractivity contribution >= 4 is 6.09 Å². The van der Waals surface area contributed by atoms with Crippen LogP contribution >= 0.6 is 0 Å². The van der Waals surface area contributed by atoms with Crippen LogP contribution in [0.4, 0.5) is 22.4 Å². The van der Waals surface area contributed by atoms with Crippen LogP contribution in [0.3, 0.4) is 0 Å². The normalized spacial score (nSPS) is 14.7. The molecule has 0 fully saturated rings. The first-order valence-corrected chi connectivity index (χ1v) is 11.0. The SMILES string of the molecule is O=C(NCCC(O)C(O)c1ccc(F)c(C(F)(F)F)c1)OCC1c2ccccc2-c2ccccc21. The summed E-state index contributed by atoms with van der Waals surface area (Å²) in [6, 6.07) is 17.7. The van der Waals surface area contributed by atoms with Gasteiger partial charge in [-0.25, -0.2) is 9.18 Å². The van der Waals surface area contributed by atoms with Gasteiger partial charge in [-0.1, -0.05) is 54.6 Å². The van der Waals surface area contributed by atoms with Crippen molar-refractivity contribution in [2.24, 2.45) is 0 Å². The van der Waals surface area contributed by atoms with Crippen molar-refractivity contribution in [2.75, 3.05) is 13.2 Å². The number of alkyl halides is 3. The highest BCUT2D eigenvalue weighted by molar-refractivity contribution is 5.79. The first-order valence-electron chi connectivity index (χ1n) is 11.0. The molecule has 1 aliphatic rings. The van der Waals surface area contributed by atoms with E-state index in [0.717, 1.165) is 28.3 Å². The molecule has 9 heteroatoms. The molecule has 4 rings (SSSR count). The number of aliphatic hydroxyl groups excluding tert-OH is 2. The number of ether oxygens (including phenoxy) is 1. The molecule has 5 nitrogen and oxygen atoms in total. The number of hydrogen-bond acceptors (Lipinski definition) is 4. The summed E-state index contributed by atoms with van der Waals surface area (Å²) in [7, 11) is 0. The van der Waals surface area contributed by atoms with E-state index in [1.165, 1.54) is 0 Å². The summed E-state index contributed by atoms with van der Waals surface area (Å²) in [4.78, 5) is 12.2. The van der Waals surface area contributed by atoms with Crippen LogP contribution < -0.4 is 5.32 Å². The third-order valence-electron chi connectivity index (χ3n) is 6.05. The van der Waals surface area contributed by atoms with Gasteiger partial charge in [0, 0.05) is 12.5 Å². The Morgan fingerprint density at radius 3 is 2.17 bits per heavy atom. The van der Waals surface area contributed by atoms with E-state index < -0.39 is 35.9 Å². The number of amides is 1. The molecule has 0 spiro atoms. The largest absolute Gasteiger partial charge is 0.449 e. The van der Waals surface area contributed by atoms with Crippen LogP contribution in [0.5, 0.6) is 0 Å². The number of hydrogen-bond donors (Lipinski definition) is 3. The topological polar surface area (TPSA) is 78.8 Å². The Hall–Kier alpha value is -3.43. The Morgan fingerprint density at radius 2 is 1.57 bits per heavy atom. The Balaban J connectivity index is 1.29. The molecule has 184 valence electrons. The number of rotatable bonds is 7. The Labute approximate surface area is 199 Å². The fourth-order valence-corrected chi connectivity index (χ4v) is 4.30. The van der Waals surface area contributed by atoms with Crippen molar-refractivity contribution in [2.45, 2.75) is 30.7 Å². The predicted molar refractivity (Wildman–Crippen MR) is 120 cm³/mol. The number of alkyl carbamates (subject to hydrolysis) is 1. The van der Waals surface area contributed by atoms with E-state index in [9.17, 15) is 32.6 Å². The van der Waals surface area contributed by atoms with Gasteiger partial charge in [0.25, 0.3) is 0 Å². The molecule has 35 heavy (non-hydrogen) atoms. The van der Waals surface area contributed by atoms with Gasteiger partial charge in [-0.3, -0.25) is 0 Å². The van der Waals surface area contributed by atoms with Crippen LogP contribution in [0.2, 0.25) is 0 Å². The predicted octanol–water partition coefficient (Wildman–Crippen LogP) is 5.17.